The molecule has 4 saturated heterocycles. The maximum Gasteiger partial charge on any atom is 0.270 e. The monoisotopic (exact) mass is 721 g/mol. The minimum atomic E-state index is -0.284. The first-order chi connectivity index (χ1) is 25.4. The van der Waals surface area contributed by atoms with E-state index in [0.29, 0.717) is 18.7 Å². The molecule has 7 heterocycles. The zero-order valence-corrected chi connectivity index (χ0v) is 33.7. The SMILES string of the molecule is CC.CC.CC.CC.CCc1cc2ncc(CN3CCN(c4ccc(C(=O)NC56CCC(CN7CCNCC7)(CC5)OC6)nc4)CC3)cc2[nH]c1=O. The molecule has 52 heavy (non-hydrogen) atoms. The number of ether oxygens (including phenoxy) is 1. The van der Waals surface area contributed by atoms with Crippen LogP contribution in [0.25, 0.3) is 11.0 Å². The van der Waals surface area contributed by atoms with Gasteiger partial charge < -0.3 is 25.3 Å². The van der Waals surface area contributed by atoms with Crippen LogP contribution >= 0.6 is 0 Å². The third kappa shape index (κ3) is 10.8. The van der Waals surface area contributed by atoms with Crippen LogP contribution in [0.2, 0.25) is 0 Å². The van der Waals surface area contributed by atoms with Crippen molar-refractivity contribution < 1.29 is 9.53 Å². The van der Waals surface area contributed by atoms with Crippen LogP contribution in [-0.4, -0.2) is 107 Å². The number of aromatic amines is 1. The first-order valence-corrected chi connectivity index (χ1v) is 20.3. The highest BCUT2D eigenvalue weighted by Crippen LogP contribution is 2.44. The standard InChI is InChI=1S/C33H44N8O3.4C2H6/c1-2-25-18-28-29(37-30(25)42)17-24(19-35-28)21-39-13-15-41(16-14-39)26-3-4-27(36-20-26)31(43)38-32-5-7-33(8-6-32,44-23-32)22-40-11-9-34-10-12-40;4*1-2/h3-4,17-20,34H,2,5-16,21-23H2,1H3,(H,37,42)(H,38,43);4*1-2H3. The second kappa shape index (κ2) is 21.4. The summed E-state index contributed by atoms with van der Waals surface area (Å²) in [6.45, 7) is 28.2. The van der Waals surface area contributed by atoms with E-state index in [1.54, 1.807) is 0 Å². The van der Waals surface area contributed by atoms with Crippen molar-refractivity contribution in [3.05, 3.63) is 63.8 Å². The van der Waals surface area contributed by atoms with E-state index >= 15 is 0 Å². The lowest BCUT2D eigenvalue weighted by molar-refractivity contribution is -0.169. The summed E-state index contributed by atoms with van der Waals surface area (Å²) >= 11 is 0. The molecule has 3 aromatic rings. The quantitative estimate of drug-likeness (QED) is 0.257. The first-order valence-electron chi connectivity index (χ1n) is 20.3. The number of amides is 1. The van der Waals surface area contributed by atoms with Gasteiger partial charge in [-0.25, -0.2) is 4.98 Å². The van der Waals surface area contributed by atoms with E-state index < -0.39 is 0 Å². The van der Waals surface area contributed by atoms with E-state index in [2.05, 4.69) is 40.3 Å². The van der Waals surface area contributed by atoms with Crippen LogP contribution in [0.1, 0.15) is 110 Å². The van der Waals surface area contributed by atoms with Gasteiger partial charge in [-0.3, -0.25) is 24.4 Å². The molecule has 1 saturated carbocycles. The predicted octanol–water partition coefficient (Wildman–Crippen LogP) is 6.02. The van der Waals surface area contributed by atoms with E-state index in [1.807, 2.05) is 99.0 Å². The van der Waals surface area contributed by atoms with E-state index in [4.69, 9.17) is 4.74 Å². The van der Waals surface area contributed by atoms with Crippen molar-refractivity contribution in [3.8, 4) is 0 Å². The number of H-pyrrole nitrogens is 1. The molecule has 5 fully saturated rings. The summed E-state index contributed by atoms with van der Waals surface area (Å²) in [6, 6.07) is 7.79. The van der Waals surface area contributed by atoms with Crippen LogP contribution in [0.3, 0.4) is 0 Å². The highest BCUT2D eigenvalue weighted by atomic mass is 16.5. The van der Waals surface area contributed by atoms with E-state index in [1.165, 1.54) is 0 Å². The fraction of sp³-hybridized carbons (Fsp3) is 0.659. The van der Waals surface area contributed by atoms with Gasteiger partial charge in [0.25, 0.3) is 11.5 Å². The van der Waals surface area contributed by atoms with Gasteiger partial charge in [0, 0.05) is 77.2 Å². The summed E-state index contributed by atoms with van der Waals surface area (Å²) in [5, 5.41) is 6.73. The van der Waals surface area contributed by atoms with Gasteiger partial charge in [-0.2, -0.15) is 0 Å². The lowest BCUT2D eigenvalue weighted by atomic mass is 9.70. The Balaban J connectivity index is 0.000000855. The van der Waals surface area contributed by atoms with Crippen LogP contribution in [-0.2, 0) is 17.7 Å². The minimum absolute atomic E-state index is 0.0331. The molecular formula is C41H68N8O3. The molecule has 2 bridgehead atoms. The zero-order chi connectivity index (χ0) is 38.1. The highest BCUT2D eigenvalue weighted by molar-refractivity contribution is 5.93. The van der Waals surface area contributed by atoms with Crippen molar-refractivity contribution in [3.63, 3.8) is 0 Å². The number of aromatic nitrogens is 3. The summed E-state index contributed by atoms with van der Waals surface area (Å²) in [5.41, 5.74) is 4.59. The smallest absolute Gasteiger partial charge is 0.270 e. The lowest BCUT2D eigenvalue weighted by Gasteiger charge is -2.54. The summed E-state index contributed by atoms with van der Waals surface area (Å²) in [5.74, 6) is -0.113. The van der Waals surface area contributed by atoms with Crippen LogP contribution in [0.4, 0.5) is 5.69 Å². The molecule has 5 aliphatic rings. The number of carbonyl (C=O) groups excluding carboxylic acids is 1. The summed E-state index contributed by atoms with van der Waals surface area (Å²) in [4.78, 5) is 44.9. The largest absolute Gasteiger partial charge is 0.371 e. The zero-order valence-electron chi connectivity index (χ0n) is 33.7. The number of hydrogen-bond acceptors (Lipinski definition) is 9. The van der Waals surface area contributed by atoms with Crippen LogP contribution in [0.5, 0.6) is 0 Å². The number of pyridine rings is 3. The Hall–Kier alpha value is -3.38. The normalized spacial score (nSPS) is 22.7. The van der Waals surface area contributed by atoms with Gasteiger partial charge >= 0.3 is 0 Å². The summed E-state index contributed by atoms with van der Waals surface area (Å²) in [7, 11) is 0. The Kier molecular flexibility index (Phi) is 17.7. The molecule has 3 N–H and O–H groups in total. The Morgan fingerprint density at radius 3 is 2.10 bits per heavy atom. The molecule has 0 unspecified atom stereocenters. The number of fused-ring (bicyclic) bond motifs is 4. The van der Waals surface area contributed by atoms with Gasteiger partial charge in [0.2, 0.25) is 0 Å². The van der Waals surface area contributed by atoms with E-state index in [9.17, 15) is 9.59 Å². The third-order valence-electron chi connectivity index (χ3n) is 10.2. The van der Waals surface area contributed by atoms with Crippen molar-refractivity contribution in [2.45, 2.75) is 112 Å². The molecular weight excluding hydrogens is 653 g/mol. The van der Waals surface area contributed by atoms with Gasteiger partial charge in [0.1, 0.15) is 5.69 Å². The predicted molar refractivity (Wildman–Crippen MR) is 216 cm³/mol. The molecule has 0 spiro atoms. The van der Waals surface area contributed by atoms with E-state index in [-0.39, 0.29) is 22.6 Å². The lowest BCUT2D eigenvalue weighted by Crippen LogP contribution is -2.65. The van der Waals surface area contributed by atoms with Crippen molar-refractivity contribution in [1.29, 1.82) is 0 Å². The maximum atomic E-state index is 13.2. The van der Waals surface area contributed by atoms with Gasteiger partial charge in [-0.1, -0.05) is 62.3 Å². The van der Waals surface area contributed by atoms with Crippen molar-refractivity contribution in [1.82, 2.24) is 35.4 Å². The van der Waals surface area contributed by atoms with Crippen molar-refractivity contribution in [2.24, 2.45) is 0 Å². The van der Waals surface area contributed by atoms with Crippen molar-refractivity contribution in [2.75, 3.05) is 70.4 Å². The molecule has 1 aliphatic carbocycles. The average molecular weight is 721 g/mol. The number of anilines is 1. The van der Waals surface area contributed by atoms with Gasteiger partial charge in [0.15, 0.2) is 0 Å². The molecule has 0 aromatic carbocycles. The number of carbonyl (C=O) groups is 1. The molecule has 1 amide bonds. The Morgan fingerprint density at radius 2 is 1.52 bits per heavy atom. The maximum absolute atomic E-state index is 13.2. The molecule has 0 radical (unpaired) electrons. The molecule has 0 atom stereocenters. The number of rotatable bonds is 8. The Labute approximate surface area is 313 Å². The minimum Gasteiger partial charge on any atom is -0.371 e. The molecule has 11 nitrogen and oxygen atoms in total. The number of nitrogens with zero attached hydrogens (tertiary/aromatic N) is 5. The molecule has 290 valence electrons. The molecule has 3 aromatic heterocycles. The van der Waals surface area contributed by atoms with Gasteiger partial charge in [-0.15, -0.1) is 0 Å². The summed E-state index contributed by atoms with van der Waals surface area (Å²) < 4.78 is 6.46. The fourth-order valence-corrected chi connectivity index (χ4v) is 7.36. The topological polar surface area (TPSA) is 119 Å². The van der Waals surface area contributed by atoms with Crippen LogP contribution in [0.15, 0.2) is 41.5 Å². The number of piperazine rings is 2. The number of hydrogen-bond donors (Lipinski definition) is 3. The molecule has 8 rings (SSSR count). The van der Waals surface area contributed by atoms with Gasteiger partial charge in [0.05, 0.1) is 40.7 Å². The highest BCUT2D eigenvalue weighted by Gasteiger charge is 2.51. The number of nitrogens with one attached hydrogen (secondary N) is 3. The van der Waals surface area contributed by atoms with Crippen LogP contribution in [0, 0.1) is 0 Å². The summed E-state index contributed by atoms with van der Waals surface area (Å²) in [6.07, 6.45) is 8.33. The first kappa shape index (κ1) is 43.0. The average Bonchev–Trinajstić information content (AvgIpc) is 3.22. The van der Waals surface area contributed by atoms with Crippen molar-refractivity contribution >= 4 is 22.6 Å². The Morgan fingerprint density at radius 1 is 0.846 bits per heavy atom. The van der Waals surface area contributed by atoms with Crippen LogP contribution < -0.4 is 21.1 Å². The second-order valence-corrected chi connectivity index (χ2v) is 13.2. The Bertz CT molecular complexity index is 1520. The molecule has 4 aliphatic heterocycles. The second-order valence-electron chi connectivity index (χ2n) is 13.2. The molecule has 11 heteroatoms. The van der Waals surface area contributed by atoms with E-state index in [0.717, 1.165) is 119 Å². The number of aryl methyl sites for hydroxylation is 1. The third-order valence-corrected chi connectivity index (χ3v) is 10.2. The fourth-order valence-electron chi connectivity index (χ4n) is 7.36. The van der Waals surface area contributed by atoms with Gasteiger partial charge in [-0.05, 0) is 61.9 Å².